The SMILES string of the molecule is CN(CCc1nc2ccc(F)cc2[nH]1)C(=O)C1CCCN1Cc1ccccc1. The van der Waals surface area contributed by atoms with Gasteiger partial charge in [-0.15, -0.1) is 0 Å². The Morgan fingerprint density at radius 1 is 1.29 bits per heavy atom. The highest BCUT2D eigenvalue weighted by atomic mass is 19.1. The van der Waals surface area contributed by atoms with Gasteiger partial charge in [-0.25, -0.2) is 9.37 Å². The third-order valence-electron chi connectivity index (χ3n) is 5.43. The van der Waals surface area contributed by atoms with Crippen LogP contribution in [0.4, 0.5) is 4.39 Å². The van der Waals surface area contributed by atoms with Crippen molar-refractivity contribution in [2.75, 3.05) is 20.1 Å². The molecule has 4 rings (SSSR count). The highest BCUT2D eigenvalue weighted by Gasteiger charge is 2.32. The van der Waals surface area contributed by atoms with Crippen LogP contribution in [0.5, 0.6) is 0 Å². The number of carbonyl (C=O) groups excluding carboxylic acids is 1. The molecule has 0 aliphatic carbocycles. The van der Waals surface area contributed by atoms with E-state index in [1.54, 1.807) is 11.0 Å². The number of fused-ring (bicyclic) bond motifs is 1. The third kappa shape index (κ3) is 4.07. The number of hydrogen-bond acceptors (Lipinski definition) is 3. The molecule has 3 aromatic rings. The molecule has 1 aromatic heterocycles. The minimum absolute atomic E-state index is 0.0602. The van der Waals surface area contributed by atoms with Gasteiger partial charge in [-0.2, -0.15) is 0 Å². The fourth-order valence-corrected chi connectivity index (χ4v) is 3.90. The average Bonchev–Trinajstić information content (AvgIpc) is 3.32. The van der Waals surface area contributed by atoms with E-state index in [9.17, 15) is 9.18 Å². The van der Waals surface area contributed by atoms with E-state index in [2.05, 4.69) is 27.0 Å². The summed E-state index contributed by atoms with van der Waals surface area (Å²) in [5, 5.41) is 0. The van der Waals surface area contributed by atoms with E-state index in [1.165, 1.54) is 17.7 Å². The highest BCUT2D eigenvalue weighted by Crippen LogP contribution is 2.22. The molecule has 146 valence electrons. The Bertz CT molecular complexity index is 956. The lowest BCUT2D eigenvalue weighted by Crippen LogP contribution is -2.44. The summed E-state index contributed by atoms with van der Waals surface area (Å²) in [5.74, 6) is 0.651. The molecule has 1 unspecified atom stereocenters. The second kappa shape index (κ2) is 8.10. The van der Waals surface area contributed by atoms with Gasteiger partial charge in [-0.1, -0.05) is 30.3 Å². The van der Waals surface area contributed by atoms with Crippen LogP contribution in [0.3, 0.4) is 0 Å². The highest BCUT2D eigenvalue weighted by molar-refractivity contribution is 5.82. The molecule has 0 radical (unpaired) electrons. The van der Waals surface area contributed by atoms with Gasteiger partial charge in [0.05, 0.1) is 17.1 Å². The van der Waals surface area contributed by atoms with Gasteiger partial charge in [0.2, 0.25) is 5.91 Å². The van der Waals surface area contributed by atoms with Crippen LogP contribution >= 0.6 is 0 Å². The van der Waals surface area contributed by atoms with Crippen LogP contribution < -0.4 is 0 Å². The first-order chi connectivity index (χ1) is 13.6. The number of likely N-dealkylation sites (N-methyl/N-ethyl adjacent to an activating group) is 1. The topological polar surface area (TPSA) is 52.2 Å². The van der Waals surface area contributed by atoms with Crippen LogP contribution in [0, 0.1) is 5.82 Å². The first-order valence-corrected chi connectivity index (χ1v) is 9.77. The van der Waals surface area contributed by atoms with Crippen molar-refractivity contribution in [3.8, 4) is 0 Å². The van der Waals surface area contributed by atoms with Crippen molar-refractivity contribution in [2.45, 2.75) is 31.8 Å². The molecule has 1 N–H and O–H groups in total. The zero-order chi connectivity index (χ0) is 19.5. The Hall–Kier alpha value is -2.73. The Morgan fingerprint density at radius 3 is 2.93 bits per heavy atom. The first kappa shape index (κ1) is 18.6. The Kier molecular flexibility index (Phi) is 5.39. The average molecular weight is 380 g/mol. The van der Waals surface area contributed by atoms with E-state index in [0.29, 0.717) is 18.5 Å². The van der Waals surface area contributed by atoms with Crippen LogP contribution in [-0.4, -0.2) is 51.9 Å². The van der Waals surface area contributed by atoms with Gasteiger partial charge < -0.3 is 9.88 Å². The van der Waals surface area contributed by atoms with E-state index in [0.717, 1.165) is 37.3 Å². The summed E-state index contributed by atoms with van der Waals surface area (Å²) >= 11 is 0. The van der Waals surface area contributed by atoms with Gasteiger partial charge in [0.15, 0.2) is 0 Å². The van der Waals surface area contributed by atoms with Crippen molar-refractivity contribution in [3.05, 3.63) is 65.7 Å². The van der Waals surface area contributed by atoms with Crippen molar-refractivity contribution in [1.29, 1.82) is 0 Å². The number of H-pyrrole nitrogens is 1. The number of nitrogens with one attached hydrogen (secondary N) is 1. The maximum Gasteiger partial charge on any atom is 0.239 e. The quantitative estimate of drug-likeness (QED) is 0.713. The number of likely N-dealkylation sites (tertiary alicyclic amines) is 1. The number of rotatable bonds is 6. The number of halogens is 1. The molecule has 1 aliphatic heterocycles. The lowest BCUT2D eigenvalue weighted by atomic mass is 10.1. The normalized spacial score (nSPS) is 17.3. The van der Waals surface area contributed by atoms with E-state index in [1.807, 2.05) is 25.2 Å². The smallest absolute Gasteiger partial charge is 0.239 e. The van der Waals surface area contributed by atoms with Crippen molar-refractivity contribution in [2.24, 2.45) is 0 Å². The summed E-state index contributed by atoms with van der Waals surface area (Å²) in [7, 11) is 1.85. The van der Waals surface area contributed by atoms with Crippen molar-refractivity contribution in [3.63, 3.8) is 0 Å². The molecule has 1 amide bonds. The van der Waals surface area contributed by atoms with Gasteiger partial charge in [-0.05, 0) is 43.1 Å². The van der Waals surface area contributed by atoms with Crippen LogP contribution in [0.15, 0.2) is 48.5 Å². The number of aromatic amines is 1. The zero-order valence-electron chi connectivity index (χ0n) is 16.1. The molecule has 0 saturated carbocycles. The third-order valence-corrected chi connectivity index (χ3v) is 5.43. The van der Waals surface area contributed by atoms with E-state index in [-0.39, 0.29) is 17.8 Å². The number of nitrogens with zero attached hydrogens (tertiary/aromatic N) is 3. The summed E-state index contributed by atoms with van der Waals surface area (Å²) in [6.07, 6.45) is 2.57. The summed E-state index contributed by atoms with van der Waals surface area (Å²) in [5.41, 5.74) is 2.67. The molecule has 2 heterocycles. The molecule has 6 heteroatoms. The molecular formula is C22H25FN4O. The molecule has 1 fully saturated rings. The standard InChI is InChI=1S/C22H25FN4O/c1-26(13-11-21-24-18-10-9-17(23)14-19(18)25-21)22(28)20-8-5-12-27(20)15-16-6-3-2-4-7-16/h2-4,6-7,9-10,14,20H,5,8,11-13,15H2,1H3,(H,24,25). The van der Waals surface area contributed by atoms with Gasteiger partial charge >= 0.3 is 0 Å². The minimum Gasteiger partial charge on any atom is -0.344 e. The largest absolute Gasteiger partial charge is 0.344 e. The van der Waals surface area contributed by atoms with Gasteiger partial charge in [-0.3, -0.25) is 9.69 Å². The number of amides is 1. The zero-order valence-corrected chi connectivity index (χ0v) is 16.1. The molecule has 5 nitrogen and oxygen atoms in total. The minimum atomic E-state index is -0.283. The van der Waals surface area contributed by atoms with E-state index in [4.69, 9.17) is 0 Å². The summed E-state index contributed by atoms with van der Waals surface area (Å²) in [4.78, 5) is 24.7. The van der Waals surface area contributed by atoms with Crippen LogP contribution in [0.25, 0.3) is 11.0 Å². The number of carbonyl (C=O) groups is 1. The molecule has 0 bridgehead atoms. The fourth-order valence-electron chi connectivity index (χ4n) is 3.90. The number of hydrogen-bond donors (Lipinski definition) is 1. The Labute approximate surface area is 164 Å². The van der Waals surface area contributed by atoms with Crippen LogP contribution in [0.2, 0.25) is 0 Å². The Morgan fingerprint density at radius 2 is 2.11 bits per heavy atom. The molecular weight excluding hydrogens is 355 g/mol. The summed E-state index contributed by atoms with van der Waals surface area (Å²) in [6, 6.07) is 14.7. The summed E-state index contributed by atoms with van der Waals surface area (Å²) < 4.78 is 13.3. The number of imidazole rings is 1. The van der Waals surface area contributed by atoms with E-state index < -0.39 is 0 Å². The maximum atomic E-state index is 13.3. The van der Waals surface area contributed by atoms with Crippen LogP contribution in [0.1, 0.15) is 24.2 Å². The fraction of sp³-hybridized carbons (Fsp3) is 0.364. The monoisotopic (exact) mass is 380 g/mol. The molecule has 1 atom stereocenters. The molecule has 28 heavy (non-hydrogen) atoms. The molecule has 1 saturated heterocycles. The first-order valence-electron chi connectivity index (χ1n) is 9.77. The van der Waals surface area contributed by atoms with Crippen molar-refractivity contribution >= 4 is 16.9 Å². The number of aromatic nitrogens is 2. The molecule has 2 aromatic carbocycles. The molecule has 0 spiro atoms. The second-order valence-corrected chi connectivity index (χ2v) is 7.47. The lowest BCUT2D eigenvalue weighted by Gasteiger charge is -2.28. The van der Waals surface area contributed by atoms with Gasteiger partial charge in [0.25, 0.3) is 0 Å². The van der Waals surface area contributed by atoms with E-state index >= 15 is 0 Å². The van der Waals surface area contributed by atoms with Gasteiger partial charge in [0, 0.05) is 26.6 Å². The predicted molar refractivity (Wildman–Crippen MR) is 107 cm³/mol. The van der Waals surface area contributed by atoms with Gasteiger partial charge in [0.1, 0.15) is 11.6 Å². The number of benzene rings is 2. The van der Waals surface area contributed by atoms with Crippen molar-refractivity contribution in [1.82, 2.24) is 19.8 Å². The second-order valence-electron chi connectivity index (χ2n) is 7.47. The maximum absolute atomic E-state index is 13.3. The molecule has 1 aliphatic rings. The Balaban J connectivity index is 1.36. The summed E-state index contributed by atoms with van der Waals surface area (Å²) in [6.45, 7) is 2.34. The lowest BCUT2D eigenvalue weighted by molar-refractivity contribution is -0.134. The van der Waals surface area contributed by atoms with Crippen LogP contribution in [-0.2, 0) is 17.8 Å². The van der Waals surface area contributed by atoms with Crippen molar-refractivity contribution < 1.29 is 9.18 Å². The predicted octanol–water partition coefficient (Wildman–Crippen LogP) is 3.37.